The Morgan fingerprint density at radius 1 is 0.917 bits per heavy atom. The van der Waals surface area contributed by atoms with Crippen LogP contribution in [0.15, 0.2) is 60.7 Å². The summed E-state index contributed by atoms with van der Waals surface area (Å²) in [5.74, 6) is 0.207. The van der Waals surface area contributed by atoms with E-state index < -0.39 is 0 Å². The van der Waals surface area contributed by atoms with Gasteiger partial charge in [0.1, 0.15) is 12.7 Å². The SMILES string of the molecule is O=C(OCC1SCC[C@H]1OC(=O)c1ccccc1)c1ccccc1. The molecule has 1 fully saturated rings. The zero-order chi connectivity index (χ0) is 16.8. The largest absolute Gasteiger partial charge is 0.461 e. The number of thioether (sulfide) groups is 1. The maximum Gasteiger partial charge on any atom is 0.338 e. The molecular weight excluding hydrogens is 324 g/mol. The van der Waals surface area contributed by atoms with Crippen LogP contribution in [0, 0.1) is 0 Å². The lowest BCUT2D eigenvalue weighted by Gasteiger charge is -2.19. The number of rotatable bonds is 5. The Labute approximate surface area is 145 Å². The molecule has 1 heterocycles. The van der Waals surface area contributed by atoms with Crippen molar-refractivity contribution in [3.05, 3.63) is 71.8 Å². The van der Waals surface area contributed by atoms with Crippen molar-refractivity contribution in [2.24, 2.45) is 0 Å². The van der Waals surface area contributed by atoms with Gasteiger partial charge in [-0.05, 0) is 36.4 Å². The fraction of sp³-hybridized carbons (Fsp3) is 0.263. The molecule has 5 heteroatoms. The Hall–Kier alpha value is -2.27. The first-order chi connectivity index (χ1) is 11.7. The van der Waals surface area contributed by atoms with Crippen LogP contribution in [0.3, 0.4) is 0 Å². The van der Waals surface area contributed by atoms with Gasteiger partial charge in [-0.3, -0.25) is 0 Å². The summed E-state index contributed by atoms with van der Waals surface area (Å²) in [6.07, 6.45) is 0.544. The molecule has 0 bridgehead atoms. The molecule has 24 heavy (non-hydrogen) atoms. The molecule has 1 aliphatic rings. The third-order valence-corrected chi connectivity index (χ3v) is 5.14. The number of esters is 2. The summed E-state index contributed by atoms with van der Waals surface area (Å²) in [4.78, 5) is 24.2. The molecule has 2 atom stereocenters. The molecule has 0 N–H and O–H groups in total. The average molecular weight is 342 g/mol. The molecule has 0 aromatic heterocycles. The van der Waals surface area contributed by atoms with E-state index in [1.165, 1.54) is 0 Å². The van der Waals surface area contributed by atoms with Gasteiger partial charge in [0.25, 0.3) is 0 Å². The van der Waals surface area contributed by atoms with Crippen molar-refractivity contribution in [3.8, 4) is 0 Å². The van der Waals surface area contributed by atoms with E-state index >= 15 is 0 Å². The van der Waals surface area contributed by atoms with Crippen molar-refractivity contribution in [1.29, 1.82) is 0 Å². The van der Waals surface area contributed by atoms with Crippen molar-refractivity contribution < 1.29 is 19.1 Å². The van der Waals surface area contributed by atoms with Crippen molar-refractivity contribution in [1.82, 2.24) is 0 Å². The Morgan fingerprint density at radius 3 is 2.12 bits per heavy atom. The molecule has 3 rings (SSSR count). The van der Waals surface area contributed by atoms with Crippen LogP contribution in [0.4, 0.5) is 0 Å². The molecule has 4 nitrogen and oxygen atoms in total. The molecule has 1 aliphatic heterocycles. The van der Waals surface area contributed by atoms with Crippen LogP contribution >= 0.6 is 11.8 Å². The summed E-state index contributed by atoms with van der Waals surface area (Å²) >= 11 is 1.67. The highest BCUT2D eigenvalue weighted by atomic mass is 32.2. The number of carbonyl (C=O) groups excluding carboxylic acids is 2. The van der Waals surface area contributed by atoms with E-state index in [2.05, 4.69) is 0 Å². The highest BCUT2D eigenvalue weighted by Gasteiger charge is 2.32. The van der Waals surface area contributed by atoms with Gasteiger partial charge in [-0.15, -0.1) is 0 Å². The number of benzene rings is 2. The molecule has 0 spiro atoms. The second-order valence-corrected chi connectivity index (χ2v) is 6.82. The van der Waals surface area contributed by atoms with Crippen molar-refractivity contribution in [2.75, 3.05) is 12.4 Å². The maximum atomic E-state index is 12.2. The van der Waals surface area contributed by atoms with Crippen LogP contribution < -0.4 is 0 Å². The first-order valence-corrected chi connectivity index (χ1v) is 8.89. The first-order valence-electron chi connectivity index (χ1n) is 7.84. The summed E-state index contributed by atoms with van der Waals surface area (Å²) in [5, 5.41) is -0.0228. The van der Waals surface area contributed by atoms with Crippen LogP contribution in [0.1, 0.15) is 27.1 Å². The van der Waals surface area contributed by atoms with Gasteiger partial charge in [0.2, 0.25) is 0 Å². The van der Waals surface area contributed by atoms with Gasteiger partial charge in [-0.25, -0.2) is 9.59 Å². The predicted octanol–water partition coefficient (Wildman–Crippen LogP) is 3.57. The van der Waals surface area contributed by atoms with E-state index in [-0.39, 0.29) is 29.9 Å². The fourth-order valence-electron chi connectivity index (χ4n) is 2.51. The van der Waals surface area contributed by atoms with E-state index in [1.54, 1.807) is 60.3 Å². The Kier molecular flexibility index (Phi) is 5.54. The third kappa shape index (κ3) is 4.17. The van der Waals surface area contributed by atoms with Crippen LogP contribution in [-0.4, -0.2) is 35.7 Å². The van der Waals surface area contributed by atoms with Gasteiger partial charge in [-0.1, -0.05) is 36.4 Å². The third-order valence-electron chi connectivity index (χ3n) is 3.81. The van der Waals surface area contributed by atoms with Gasteiger partial charge >= 0.3 is 11.9 Å². The zero-order valence-corrected chi connectivity index (χ0v) is 13.9. The van der Waals surface area contributed by atoms with Crippen LogP contribution in [0.2, 0.25) is 0 Å². The minimum absolute atomic E-state index is 0.0228. The monoisotopic (exact) mass is 342 g/mol. The lowest BCUT2D eigenvalue weighted by Crippen LogP contribution is -2.29. The van der Waals surface area contributed by atoms with Crippen molar-refractivity contribution in [3.63, 3.8) is 0 Å². The Morgan fingerprint density at radius 2 is 1.50 bits per heavy atom. The van der Waals surface area contributed by atoms with Gasteiger partial charge in [0, 0.05) is 0 Å². The summed E-state index contributed by atoms with van der Waals surface area (Å²) in [7, 11) is 0. The van der Waals surface area contributed by atoms with Crippen LogP contribution in [-0.2, 0) is 9.47 Å². The van der Waals surface area contributed by atoms with E-state index in [0.29, 0.717) is 11.1 Å². The number of hydrogen-bond donors (Lipinski definition) is 0. The Bertz CT molecular complexity index is 687. The molecule has 2 aromatic rings. The minimum atomic E-state index is -0.351. The summed E-state index contributed by atoms with van der Waals surface area (Å²) < 4.78 is 11.0. The quantitative estimate of drug-likeness (QED) is 0.778. The smallest absolute Gasteiger partial charge is 0.338 e. The summed E-state index contributed by atoms with van der Waals surface area (Å²) in [6, 6.07) is 17.8. The van der Waals surface area contributed by atoms with E-state index in [1.807, 2.05) is 12.1 Å². The van der Waals surface area contributed by atoms with E-state index in [4.69, 9.17) is 9.47 Å². The Balaban J connectivity index is 1.54. The molecule has 1 saturated heterocycles. The van der Waals surface area contributed by atoms with E-state index in [0.717, 1.165) is 12.2 Å². The van der Waals surface area contributed by atoms with Crippen LogP contribution in [0.25, 0.3) is 0 Å². The average Bonchev–Trinajstić information content (AvgIpc) is 3.08. The zero-order valence-electron chi connectivity index (χ0n) is 13.1. The normalized spacial score (nSPS) is 19.7. The predicted molar refractivity (Wildman–Crippen MR) is 93.2 cm³/mol. The van der Waals surface area contributed by atoms with Gasteiger partial charge in [0.05, 0.1) is 16.4 Å². The number of ether oxygens (including phenoxy) is 2. The molecule has 0 amide bonds. The molecule has 0 radical (unpaired) electrons. The first kappa shape index (κ1) is 16.6. The molecule has 0 aliphatic carbocycles. The highest BCUT2D eigenvalue weighted by molar-refractivity contribution is 8.00. The molecule has 1 unspecified atom stereocenters. The standard InChI is InChI=1S/C19H18O4S/c20-18(14-7-3-1-4-8-14)22-13-17-16(11-12-24-17)23-19(21)15-9-5-2-6-10-15/h1-10,16-17H,11-13H2/t16-,17?/m1/s1. The van der Waals surface area contributed by atoms with Crippen LogP contribution in [0.5, 0.6) is 0 Å². The molecule has 0 saturated carbocycles. The molecular formula is C19H18O4S. The summed E-state index contributed by atoms with van der Waals surface area (Å²) in [6.45, 7) is 0.241. The van der Waals surface area contributed by atoms with Gasteiger partial charge < -0.3 is 9.47 Å². The maximum absolute atomic E-state index is 12.2. The lowest BCUT2D eigenvalue weighted by atomic mass is 10.2. The topological polar surface area (TPSA) is 52.6 Å². The number of carbonyl (C=O) groups is 2. The fourth-order valence-corrected chi connectivity index (χ4v) is 3.76. The van der Waals surface area contributed by atoms with Gasteiger partial charge in [-0.2, -0.15) is 11.8 Å². The summed E-state index contributed by atoms with van der Waals surface area (Å²) in [5.41, 5.74) is 1.06. The van der Waals surface area contributed by atoms with E-state index in [9.17, 15) is 9.59 Å². The molecule has 124 valence electrons. The van der Waals surface area contributed by atoms with Crippen molar-refractivity contribution >= 4 is 23.7 Å². The minimum Gasteiger partial charge on any atom is -0.461 e. The second-order valence-electron chi connectivity index (χ2n) is 5.47. The van der Waals surface area contributed by atoms with Gasteiger partial charge in [0.15, 0.2) is 0 Å². The number of hydrogen-bond acceptors (Lipinski definition) is 5. The molecule has 2 aromatic carbocycles. The highest BCUT2D eigenvalue weighted by Crippen LogP contribution is 2.30. The lowest BCUT2D eigenvalue weighted by molar-refractivity contribution is 0.0221. The second kappa shape index (κ2) is 8.02. The van der Waals surface area contributed by atoms with Crippen molar-refractivity contribution in [2.45, 2.75) is 17.8 Å².